The largest absolute Gasteiger partial charge is 0.472 e. The maximum absolute atomic E-state index is 12.6. The number of ether oxygens (including phenoxy) is 2. The van der Waals surface area contributed by atoms with Gasteiger partial charge in [0.1, 0.15) is 6.10 Å². The van der Waals surface area contributed by atoms with E-state index in [1.54, 1.807) is 18.3 Å². The minimum absolute atomic E-state index is 0.219. The van der Waals surface area contributed by atoms with E-state index in [0.29, 0.717) is 31.3 Å². The quantitative estimate of drug-likeness (QED) is 0.748. The Labute approximate surface area is 156 Å². The fourth-order valence-electron chi connectivity index (χ4n) is 2.93. The van der Waals surface area contributed by atoms with Crippen molar-refractivity contribution in [1.29, 1.82) is 0 Å². The third-order valence-electron chi connectivity index (χ3n) is 4.32. The molecule has 0 spiro atoms. The lowest BCUT2D eigenvalue weighted by molar-refractivity contribution is -0.00459. The summed E-state index contributed by atoms with van der Waals surface area (Å²) in [5, 5.41) is 6.82. The monoisotopic (exact) mass is 365 g/mol. The van der Waals surface area contributed by atoms with E-state index in [4.69, 9.17) is 14.0 Å². The third-order valence-corrected chi connectivity index (χ3v) is 4.32. The fourth-order valence-corrected chi connectivity index (χ4v) is 2.93. The second-order valence-corrected chi connectivity index (χ2v) is 6.21. The molecule has 3 aromatic rings. The van der Waals surface area contributed by atoms with Crippen molar-refractivity contribution in [2.24, 2.45) is 0 Å². The van der Waals surface area contributed by atoms with E-state index < -0.39 is 0 Å². The van der Waals surface area contributed by atoms with Crippen molar-refractivity contribution in [2.45, 2.75) is 18.6 Å². The van der Waals surface area contributed by atoms with Crippen LogP contribution in [0.2, 0.25) is 0 Å². The highest BCUT2D eigenvalue weighted by Crippen LogP contribution is 2.20. The maximum atomic E-state index is 12.6. The molecule has 0 saturated carbocycles. The molecular formula is C20H19N3O4. The minimum atomic E-state index is -0.328. The Kier molecular flexibility index (Phi) is 5.11. The number of hydrogen-bond donors (Lipinski definition) is 1. The molecule has 4 rings (SSSR count). The Morgan fingerprint density at radius 3 is 2.81 bits per heavy atom. The Hall–Kier alpha value is -3.19. The molecule has 0 unspecified atom stereocenters. The van der Waals surface area contributed by atoms with E-state index in [-0.39, 0.29) is 23.7 Å². The molecule has 0 radical (unpaired) electrons. The average Bonchev–Trinajstić information content (AvgIpc) is 3.21. The number of nitrogens with one attached hydrogen (secondary N) is 1. The second-order valence-electron chi connectivity index (χ2n) is 6.21. The molecule has 1 aliphatic heterocycles. The summed E-state index contributed by atoms with van der Waals surface area (Å²) in [6, 6.07) is 16.3. The first kappa shape index (κ1) is 17.2. The van der Waals surface area contributed by atoms with Crippen molar-refractivity contribution in [1.82, 2.24) is 15.5 Å². The molecular weight excluding hydrogens is 346 g/mol. The van der Waals surface area contributed by atoms with Crippen LogP contribution in [0.4, 0.5) is 0 Å². The van der Waals surface area contributed by atoms with Gasteiger partial charge >= 0.3 is 0 Å². The Morgan fingerprint density at radius 1 is 1.15 bits per heavy atom. The molecule has 138 valence electrons. The van der Waals surface area contributed by atoms with Gasteiger partial charge in [0.05, 0.1) is 19.3 Å². The molecule has 3 heterocycles. The topological polar surface area (TPSA) is 86.5 Å². The van der Waals surface area contributed by atoms with Crippen molar-refractivity contribution in [2.75, 3.05) is 13.2 Å². The van der Waals surface area contributed by atoms with Gasteiger partial charge in [-0.3, -0.25) is 4.79 Å². The van der Waals surface area contributed by atoms with Gasteiger partial charge in [-0.25, -0.2) is 4.98 Å². The van der Waals surface area contributed by atoms with E-state index in [0.717, 1.165) is 5.56 Å². The normalized spacial score (nSPS) is 19.4. The van der Waals surface area contributed by atoms with Crippen molar-refractivity contribution in [3.05, 3.63) is 66.5 Å². The summed E-state index contributed by atoms with van der Waals surface area (Å²) in [7, 11) is 0. The molecule has 2 aromatic heterocycles. The molecule has 27 heavy (non-hydrogen) atoms. The summed E-state index contributed by atoms with van der Waals surface area (Å²) in [4.78, 5) is 16.8. The van der Waals surface area contributed by atoms with Crippen LogP contribution in [-0.2, 0) is 4.74 Å². The summed E-state index contributed by atoms with van der Waals surface area (Å²) in [5.74, 6) is 0.740. The molecule has 2 atom stereocenters. The highest BCUT2D eigenvalue weighted by Gasteiger charge is 2.30. The van der Waals surface area contributed by atoms with Crippen LogP contribution in [0, 0.1) is 0 Å². The minimum Gasteiger partial charge on any atom is -0.472 e. The first-order valence-corrected chi connectivity index (χ1v) is 8.78. The van der Waals surface area contributed by atoms with E-state index in [2.05, 4.69) is 15.5 Å². The molecule has 1 amide bonds. The van der Waals surface area contributed by atoms with E-state index in [1.165, 1.54) is 0 Å². The zero-order valence-corrected chi connectivity index (χ0v) is 14.6. The van der Waals surface area contributed by atoms with Crippen LogP contribution in [0.5, 0.6) is 5.88 Å². The van der Waals surface area contributed by atoms with Gasteiger partial charge in [-0.15, -0.1) is 0 Å². The Bertz CT molecular complexity index is 883. The van der Waals surface area contributed by atoms with Gasteiger partial charge in [0.25, 0.3) is 5.91 Å². The van der Waals surface area contributed by atoms with Gasteiger partial charge in [0.15, 0.2) is 11.5 Å². The maximum Gasteiger partial charge on any atom is 0.273 e. The second kappa shape index (κ2) is 8.01. The standard InChI is InChI=1S/C20H19N3O4/c24-20(15-12-18(27-23-15)14-6-2-1-3-7-14)22-16-13-25-11-9-17(16)26-19-8-4-5-10-21-19/h1-8,10,12,16-17H,9,11,13H2,(H,22,24)/t16-,17-/m1/s1. The zero-order valence-electron chi connectivity index (χ0n) is 14.6. The van der Waals surface area contributed by atoms with Gasteiger partial charge in [0.2, 0.25) is 5.88 Å². The molecule has 0 aliphatic carbocycles. The molecule has 1 N–H and O–H groups in total. The summed E-state index contributed by atoms with van der Waals surface area (Å²) < 4.78 is 16.7. The van der Waals surface area contributed by atoms with Crippen LogP contribution >= 0.6 is 0 Å². The van der Waals surface area contributed by atoms with Crippen LogP contribution in [-0.4, -0.2) is 41.4 Å². The number of nitrogens with zero attached hydrogens (tertiary/aromatic N) is 2. The molecule has 1 fully saturated rings. The molecule has 1 aromatic carbocycles. The predicted molar refractivity (Wildman–Crippen MR) is 97.3 cm³/mol. The highest BCUT2D eigenvalue weighted by molar-refractivity contribution is 5.93. The Morgan fingerprint density at radius 2 is 2.00 bits per heavy atom. The lowest BCUT2D eigenvalue weighted by Crippen LogP contribution is -2.52. The number of carbonyl (C=O) groups is 1. The summed E-state index contributed by atoms with van der Waals surface area (Å²) in [6.45, 7) is 0.943. The van der Waals surface area contributed by atoms with Crippen LogP contribution in [0.15, 0.2) is 65.3 Å². The highest BCUT2D eigenvalue weighted by atomic mass is 16.5. The van der Waals surface area contributed by atoms with Gasteiger partial charge in [0, 0.05) is 30.3 Å². The van der Waals surface area contributed by atoms with Crippen LogP contribution in [0.3, 0.4) is 0 Å². The Balaban J connectivity index is 1.44. The van der Waals surface area contributed by atoms with Gasteiger partial charge in [-0.1, -0.05) is 41.6 Å². The molecule has 7 nitrogen and oxygen atoms in total. The van der Waals surface area contributed by atoms with Crippen LogP contribution in [0.25, 0.3) is 11.3 Å². The van der Waals surface area contributed by atoms with Gasteiger partial charge < -0.3 is 19.3 Å². The number of pyridine rings is 1. The number of hydrogen-bond acceptors (Lipinski definition) is 6. The molecule has 1 saturated heterocycles. The summed E-state index contributed by atoms with van der Waals surface area (Å²) >= 11 is 0. The number of rotatable bonds is 5. The number of carbonyl (C=O) groups excluding carboxylic acids is 1. The number of aromatic nitrogens is 2. The summed E-state index contributed by atoms with van der Waals surface area (Å²) in [5.41, 5.74) is 1.08. The first-order valence-electron chi connectivity index (χ1n) is 8.78. The van der Waals surface area contributed by atoms with E-state index in [9.17, 15) is 4.79 Å². The lowest BCUT2D eigenvalue weighted by atomic mass is 10.1. The molecule has 0 bridgehead atoms. The summed E-state index contributed by atoms with van der Waals surface area (Å²) in [6.07, 6.45) is 2.11. The SMILES string of the molecule is O=C(N[C@@H]1COCC[C@H]1Oc1ccccn1)c1cc(-c2ccccc2)on1. The lowest BCUT2D eigenvalue weighted by Gasteiger charge is -2.31. The molecule has 1 aliphatic rings. The predicted octanol–water partition coefficient (Wildman–Crippen LogP) is 2.70. The number of amides is 1. The van der Waals surface area contributed by atoms with Crippen LogP contribution < -0.4 is 10.1 Å². The van der Waals surface area contributed by atoms with Crippen molar-refractivity contribution >= 4 is 5.91 Å². The third kappa shape index (κ3) is 4.15. The number of benzene rings is 1. The van der Waals surface area contributed by atoms with Crippen LogP contribution in [0.1, 0.15) is 16.9 Å². The van der Waals surface area contributed by atoms with E-state index in [1.807, 2.05) is 42.5 Å². The van der Waals surface area contributed by atoms with E-state index >= 15 is 0 Å². The van der Waals surface area contributed by atoms with Crippen molar-refractivity contribution in [3.8, 4) is 17.2 Å². The zero-order chi connectivity index (χ0) is 18.5. The van der Waals surface area contributed by atoms with Gasteiger partial charge in [-0.2, -0.15) is 0 Å². The fraction of sp³-hybridized carbons (Fsp3) is 0.250. The first-order chi connectivity index (χ1) is 13.3. The van der Waals surface area contributed by atoms with Crippen molar-refractivity contribution in [3.63, 3.8) is 0 Å². The molecule has 7 heteroatoms. The smallest absolute Gasteiger partial charge is 0.273 e. The van der Waals surface area contributed by atoms with Crippen molar-refractivity contribution < 1.29 is 18.8 Å². The average molecular weight is 365 g/mol. The van der Waals surface area contributed by atoms with Gasteiger partial charge in [-0.05, 0) is 6.07 Å².